The van der Waals surface area contributed by atoms with Gasteiger partial charge in [0, 0.05) is 17.3 Å². The molecule has 0 radical (unpaired) electrons. The van der Waals surface area contributed by atoms with E-state index < -0.39 is 11.7 Å². The summed E-state index contributed by atoms with van der Waals surface area (Å²) in [6.07, 6.45) is -2.89. The van der Waals surface area contributed by atoms with E-state index in [2.05, 4.69) is 4.98 Å². The van der Waals surface area contributed by atoms with Crippen molar-refractivity contribution in [2.24, 2.45) is 0 Å². The first-order valence-electron chi connectivity index (χ1n) is 5.35. The van der Waals surface area contributed by atoms with Gasteiger partial charge >= 0.3 is 6.18 Å². The van der Waals surface area contributed by atoms with Gasteiger partial charge in [0.2, 0.25) is 5.88 Å². The van der Waals surface area contributed by atoms with Gasteiger partial charge in [-0.25, -0.2) is 4.98 Å². The molecule has 0 fully saturated rings. The molecule has 1 heterocycles. The van der Waals surface area contributed by atoms with Gasteiger partial charge in [-0.15, -0.1) is 0 Å². The van der Waals surface area contributed by atoms with E-state index in [1.54, 1.807) is 12.1 Å². The van der Waals surface area contributed by atoms with Crippen LogP contribution in [0.15, 0.2) is 42.6 Å². The van der Waals surface area contributed by atoms with E-state index in [4.69, 9.17) is 16.3 Å². The van der Waals surface area contributed by atoms with E-state index in [1.165, 1.54) is 18.3 Å². The Morgan fingerprint density at radius 1 is 1.16 bits per heavy atom. The Morgan fingerprint density at radius 2 is 1.95 bits per heavy atom. The van der Waals surface area contributed by atoms with Crippen molar-refractivity contribution in [3.8, 4) is 5.88 Å². The van der Waals surface area contributed by atoms with Gasteiger partial charge in [-0.1, -0.05) is 23.7 Å². The maximum atomic E-state index is 12.5. The molecule has 0 spiro atoms. The third-order valence-electron chi connectivity index (χ3n) is 2.34. The van der Waals surface area contributed by atoms with Gasteiger partial charge < -0.3 is 4.74 Å². The van der Waals surface area contributed by atoms with Crippen molar-refractivity contribution in [2.45, 2.75) is 12.8 Å². The van der Waals surface area contributed by atoms with Crippen LogP contribution >= 0.6 is 11.6 Å². The van der Waals surface area contributed by atoms with Crippen molar-refractivity contribution in [1.29, 1.82) is 0 Å². The highest BCUT2D eigenvalue weighted by Gasteiger charge is 2.30. The third-order valence-corrected chi connectivity index (χ3v) is 2.57. The highest BCUT2D eigenvalue weighted by atomic mass is 35.5. The van der Waals surface area contributed by atoms with E-state index >= 15 is 0 Å². The largest absolute Gasteiger partial charge is 0.473 e. The minimum Gasteiger partial charge on any atom is -0.473 e. The average Bonchev–Trinajstić information content (AvgIpc) is 2.36. The Labute approximate surface area is 112 Å². The van der Waals surface area contributed by atoms with Crippen molar-refractivity contribution >= 4 is 11.6 Å². The lowest BCUT2D eigenvalue weighted by molar-refractivity contribution is -0.137. The molecule has 0 bridgehead atoms. The average molecular weight is 288 g/mol. The summed E-state index contributed by atoms with van der Waals surface area (Å²) in [6, 6.07) is 8.03. The Bertz CT molecular complexity index is 572. The zero-order chi connectivity index (χ0) is 13.9. The fourth-order valence-corrected chi connectivity index (χ4v) is 1.61. The molecule has 0 N–H and O–H groups in total. The van der Waals surface area contributed by atoms with Crippen LogP contribution in [0.2, 0.25) is 5.02 Å². The maximum absolute atomic E-state index is 12.5. The van der Waals surface area contributed by atoms with Gasteiger partial charge in [-0.05, 0) is 23.8 Å². The summed E-state index contributed by atoms with van der Waals surface area (Å²) in [5, 5.41) is 0.453. The molecule has 0 aliphatic heterocycles. The van der Waals surface area contributed by atoms with Gasteiger partial charge in [0.15, 0.2) is 0 Å². The Morgan fingerprint density at radius 3 is 2.63 bits per heavy atom. The molecule has 6 heteroatoms. The van der Waals surface area contributed by atoms with E-state index in [0.29, 0.717) is 10.6 Å². The monoisotopic (exact) mass is 287 g/mol. The Kier molecular flexibility index (Phi) is 3.95. The smallest absolute Gasteiger partial charge is 0.416 e. The van der Waals surface area contributed by atoms with Crippen molar-refractivity contribution in [3.05, 3.63) is 58.7 Å². The second kappa shape index (κ2) is 5.48. The van der Waals surface area contributed by atoms with Crippen LogP contribution in [-0.2, 0) is 12.8 Å². The topological polar surface area (TPSA) is 22.1 Å². The first-order chi connectivity index (χ1) is 8.95. The van der Waals surface area contributed by atoms with Crippen molar-refractivity contribution < 1.29 is 17.9 Å². The number of benzene rings is 1. The lowest BCUT2D eigenvalue weighted by Gasteiger charge is -2.09. The summed E-state index contributed by atoms with van der Waals surface area (Å²) in [7, 11) is 0. The molecule has 0 aliphatic carbocycles. The van der Waals surface area contributed by atoms with Crippen LogP contribution < -0.4 is 4.74 Å². The number of rotatable bonds is 3. The summed E-state index contributed by atoms with van der Waals surface area (Å²) >= 11 is 5.74. The second-order valence-corrected chi connectivity index (χ2v) is 4.24. The molecule has 2 aromatic rings. The minimum absolute atomic E-state index is 0.00272. The normalized spacial score (nSPS) is 11.4. The number of ether oxygens (including phenoxy) is 1. The molecule has 1 aromatic heterocycles. The predicted octanol–water partition coefficient (Wildman–Crippen LogP) is 4.33. The number of pyridine rings is 1. The summed E-state index contributed by atoms with van der Waals surface area (Å²) < 4.78 is 42.8. The van der Waals surface area contributed by atoms with Gasteiger partial charge in [0.1, 0.15) is 6.61 Å². The highest BCUT2D eigenvalue weighted by molar-refractivity contribution is 6.30. The standard InChI is InChI=1S/C13H9ClF3NO/c14-11-4-5-18-12(7-11)19-8-9-2-1-3-10(6-9)13(15,16)17/h1-7H,8H2. The lowest BCUT2D eigenvalue weighted by Crippen LogP contribution is -2.06. The number of aromatic nitrogens is 1. The molecule has 100 valence electrons. The molecule has 0 aliphatic rings. The Hall–Kier alpha value is -1.75. The molecule has 1 aromatic carbocycles. The van der Waals surface area contributed by atoms with Crippen LogP contribution in [0.3, 0.4) is 0 Å². The third kappa shape index (κ3) is 3.86. The predicted molar refractivity (Wildman–Crippen MR) is 65.0 cm³/mol. The molecule has 0 amide bonds. The summed E-state index contributed by atoms with van der Waals surface area (Å²) in [6.45, 7) is -0.00272. The van der Waals surface area contributed by atoms with Gasteiger partial charge in [-0.2, -0.15) is 13.2 Å². The maximum Gasteiger partial charge on any atom is 0.416 e. The first kappa shape index (κ1) is 13.7. The van der Waals surface area contributed by atoms with Crippen LogP contribution in [0.25, 0.3) is 0 Å². The minimum atomic E-state index is -4.36. The molecule has 2 rings (SSSR count). The van der Waals surface area contributed by atoms with Crippen LogP contribution in [0, 0.1) is 0 Å². The summed E-state index contributed by atoms with van der Waals surface area (Å²) in [5.74, 6) is 0.268. The highest BCUT2D eigenvalue weighted by Crippen LogP contribution is 2.29. The number of hydrogen-bond donors (Lipinski definition) is 0. The van der Waals surface area contributed by atoms with Gasteiger partial charge in [0.25, 0.3) is 0 Å². The molecule has 0 unspecified atom stereocenters. The van der Waals surface area contributed by atoms with E-state index in [9.17, 15) is 13.2 Å². The number of halogens is 4. The van der Waals surface area contributed by atoms with E-state index in [0.717, 1.165) is 12.1 Å². The molecule has 19 heavy (non-hydrogen) atoms. The summed E-state index contributed by atoms with van der Waals surface area (Å²) in [5.41, 5.74) is -0.288. The lowest BCUT2D eigenvalue weighted by atomic mass is 10.1. The van der Waals surface area contributed by atoms with Gasteiger partial charge in [0.05, 0.1) is 5.56 Å². The molecular formula is C13H9ClF3NO. The van der Waals surface area contributed by atoms with Crippen LogP contribution in [-0.4, -0.2) is 4.98 Å². The quantitative estimate of drug-likeness (QED) is 0.838. The molecule has 0 saturated carbocycles. The van der Waals surface area contributed by atoms with Crippen LogP contribution in [0.1, 0.15) is 11.1 Å². The fourth-order valence-electron chi connectivity index (χ4n) is 1.46. The molecule has 0 saturated heterocycles. The second-order valence-electron chi connectivity index (χ2n) is 3.80. The first-order valence-corrected chi connectivity index (χ1v) is 5.73. The number of hydrogen-bond acceptors (Lipinski definition) is 2. The fraction of sp³-hybridized carbons (Fsp3) is 0.154. The van der Waals surface area contributed by atoms with Gasteiger partial charge in [-0.3, -0.25) is 0 Å². The van der Waals surface area contributed by atoms with Crippen molar-refractivity contribution in [1.82, 2.24) is 4.98 Å². The SMILES string of the molecule is FC(F)(F)c1cccc(COc2cc(Cl)ccn2)c1. The summed E-state index contributed by atoms with van der Waals surface area (Å²) in [4.78, 5) is 3.90. The zero-order valence-electron chi connectivity index (χ0n) is 9.62. The van der Waals surface area contributed by atoms with Crippen molar-refractivity contribution in [2.75, 3.05) is 0 Å². The number of alkyl halides is 3. The number of nitrogens with zero attached hydrogens (tertiary/aromatic N) is 1. The van der Waals surface area contributed by atoms with Crippen molar-refractivity contribution in [3.63, 3.8) is 0 Å². The molecule has 0 atom stereocenters. The molecule has 2 nitrogen and oxygen atoms in total. The Balaban J connectivity index is 2.08. The molecular weight excluding hydrogens is 279 g/mol. The van der Waals surface area contributed by atoms with Crippen LogP contribution in [0.4, 0.5) is 13.2 Å². The van der Waals surface area contributed by atoms with E-state index in [-0.39, 0.29) is 12.5 Å². The van der Waals surface area contributed by atoms with E-state index in [1.807, 2.05) is 0 Å². The zero-order valence-corrected chi connectivity index (χ0v) is 10.4. The van der Waals surface area contributed by atoms with Crippen LogP contribution in [0.5, 0.6) is 5.88 Å².